The third kappa shape index (κ3) is 2.59. The minimum atomic E-state index is -0.827. The Kier molecular flexibility index (Phi) is 3.54. The molecule has 0 spiro atoms. The highest BCUT2D eigenvalue weighted by molar-refractivity contribution is 8.00. The van der Waals surface area contributed by atoms with Crippen LogP contribution in [0.25, 0.3) is 0 Å². The van der Waals surface area contributed by atoms with Gasteiger partial charge in [-0.15, -0.1) is 11.8 Å². The number of rotatable bonds is 3. The Morgan fingerprint density at radius 3 is 2.69 bits per heavy atom. The van der Waals surface area contributed by atoms with E-state index in [-0.39, 0.29) is 0 Å². The third-order valence-electron chi connectivity index (χ3n) is 3.04. The molecule has 1 fully saturated rings. The quantitative estimate of drug-likeness (QED) is 0.869. The van der Waals surface area contributed by atoms with Crippen LogP contribution in [0.3, 0.4) is 0 Å². The minimum absolute atomic E-state index is 0.433. The van der Waals surface area contributed by atoms with Gasteiger partial charge in [0.15, 0.2) is 0 Å². The van der Waals surface area contributed by atoms with Gasteiger partial charge in [0.25, 0.3) is 0 Å². The summed E-state index contributed by atoms with van der Waals surface area (Å²) < 4.78 is 0. The summed E-state index contributed by atoms with van der Waals surface area (Å²) >= 11 is 1.83. The van der Waals surface area contributed by atoms with Gasteiger partial charge in [0.2, 0.25) is 0 Å². The Labute approximate surface area is 100 Å². The van der Waals surface area contributed by atoms with Gasteiger partial charge in [0, 0.05) is 10.1 Å². The average Bonchev–Trinajstić information content (AvgIpc) is 2.73. The summed E-state index contributed by atoms with van der Waals surface area (Å²) in [5.74, 6) is -0.827. The van der Waals surface area contributed by atoms with E-state index in [4.69, 9.17) is 5.11 Å². The van der Waals surface area contributed by atoms with Gasteiger partial charge < -0.3 is 5.11 Å². The number of carboxylic acids is 1. The molecule has 2 rings (SSSR count). The fraction of sp³-hybridized carbons (Fsp3) is 0.462. The summed E-state index contributed by atoms with van der Waals surface area (Å²) in [5, 5.41) is 9.73. The normalized spacial score (nSPS) is 16.6. The second kappa shape index (κ2) is 4.91. The molecule has 0 aliphatic heterocycles. The molecule has 1 N–H and O–H groups in total. The fourth-order valence-corrected chi connectivity index (χ4v) is 3.39. The Hall–Kier alpha value is -0.960. The standard InChI is InChI=1S/C13H16O2S/c1-9-6-7-11(8-12(9)13(14)15)16-10-4-2-3-5-10/h6-8,10H,2-5H2,1H3,(H,14,15). The minimum Gasteiger partial charge on any atom is -0.478 e. The number of benzene rings is 1. The second-order valence-electron chi connectivity index (χ2n) is 4.31. The van der Waals surface area contributed by atoms with E-state index in [1.165, 1.54) is 25.7 Å². The number of carboxylic acid groups (broad SMARTS) is 1. The highest BCUT2D eigenvalue weighted by Crippen LogP contribution is 2.35. The zero-order valence-electron chi connectivity index (χ0n) is 9.40. The molecule has 16 heavy (non-hydrogen) atoms. The molecule has 1 aromatic rings. The predicted molar refractivity (Wildman–Crippen MR) is 66.3 cm³/mol. The third-order valence-corrected chi connectivity index (χ3v) is 4.38. The van der Waals surface area contributed by atoms with Crippen LogP contribution in [0.4, 0.5) is 0 Å². The van der Waals surface area contributed by atoms with Crippen molar-refractivity contribution in [3.63, 3.8) is 0 Å². The van der Waals surface area contributed by atoms with Crippen LogP contribution in [-0.2, 0) is 0 Å². The fourth-order valence-electron chi connectivity index (χ4n) is 2.10. The van der Waals surface area contributed by atoms with Gasteiger partial charge in [0.1, 0.15) is 0 Å². The molecule has 1 aliphatic rings. The number of hydrogen-bond donors (Lipinski definition) is 1. The maximum absolute atomic E-state index is 11.0. The van der Waals surface area contributed by atoms with Gasteiger partial charge in [-0.1, -0.05) is 18.9 Å². The monoisotopic (exact) mass is 236 g/mol. The Morgan fingerprint density at radius 2 is 2.06 bits per heavy atom. The maximum atomic E-state index is 11.0. The highest BCUT2D eigenvalue weighted by atomic mass is 32.2. The van der Waals surface area contributed by atoms with E-state index in [1.54, 1.807) is 6.07 Å². The molecule has 0 bridgehead atoms. The first-order chi connectivity index (χ1) is 7.66. The lowest BCUT2D eigenvalue weighted by Crippen LogP contribution is -2.00. The molecular formula is C13H16O2S. The molecule has 0 atom stereocenters. The highest BCUT2D eigenvalue weighted by Gasteiger charge is 2.17. The van der Waals surface area contributed by atoms with Crippen LogP contribution >= 0.6 is 11.8 Å². The molecule has 0 aromatic heterocycles. The molecular weight excluding hydrogens is 220 g/mol. The SMILES string of the molecule is Cc1ccc(SC2CCCC2)cc1C(=O)O. The summed E-state index contributed by atoms with van der Waals surface area (Å²) in [6.45, 7) is 1.84. The molecule has 2 nitrogen and oxygen atoms in total. The summed E-state index contributed by atoms with van der Waals surface area (Å²) in [6, 6.07) is 5.74. The molecule has 0 saturated heterocycles. The average molecular weight is 236 g/mol. The zero-order chi connectivity index (χ0) is 11.5. The molecule has 1 aliphatic carbocycles. The lowest BCUT2D eigenvalue weighted by Gasteiger charge is -2.10. The van der Waals surface area contributed by atoms with Crippen molar-refractivity contribution in [1.82, 2.24) is 0 Å². The van der Waals surface area contributed by atoms with Crippen LogP contribution < -0.4 is 0 Å². The molecule has 0 unspecified atom stereocenters. The molecule has 1 aromatic carbocycles. The number of aryl methyl sites for hydroxylation is 1. The molecule has 0 heterocycles. The lowest BCUT2D eigenvalue weighted by molar-refractivity contribution is 0.0696. The second-order valence-corrected chi connectivity index (χ2v) is 5.68. The van der Waals surface area contributed by atoms with Crippen molar-refractivity contribution >= 4 is 17.7 Å². The maximum Gasteiger partial charge on any atom is 0.335 e. The summed E-state index contributed by atoms with van der Waals surface area (Å²) in [7, 11) is 0. The largest absolute Gasteiger partial charge is 0.478 e. The van der Waals surface area contributed by atoms with Crippen LogP contribution in [0.15, 0.2) is 23.1 Å². The molecule has 86 valence electrons. The summed E-state index contributed by atoms with van der Waals surface area (Å²) in [4.78, 5) is 12.1. The summed E-state index contributed by atoms with van der Waals surface area (Å²) in [5.41, 5.74) is 1.27. The van der Waals surface area contributed by atoms with Crippen molar-refractivity contribution in [3.05, 3.63) is 29.3 Å². The smallest absolute Gasteiger partial charge is 0.335 e. The molecule has 0 amide bonds. The van der Waals surface area contributed by atoms with Crippen LogP contribution in [0, 0.1) is 6.92 Å². The Bertz CT molecular complexity index is 395. The first kappa shape index (κ1) is 11.5. The van der Waals surface area contributed by atoms with E-state index in [1.807, 2.05) is 30.8 Å². The van der Waals surface area contributed by atoms with Crippen LogP contribution in [0.1, 0.15) is 41.6 Å². The number of hydrogen-bond acceptors (Lipinski definition) is 2. The van der Waals surface area contributed by atoms with Gasteiger partial charge in [0.05, 0.1) is 5.56 Å². The van der Waals surface area contributed by atoms with Gasteiger partial charge in [-0.3, -0.25) is 0 Å². The van der Waals surface area contributed by atoms with Crippen molar-refractivity contribution in [2.75, 3.05) is 0 Å². The van der Waals surface area contributed by atoms with Gasteiger partial charge in [-0.25, -0.2) is 4.79 Å². The van der Waals surface area contributed by atoms with E-state index in [0.717, 1.165) is 10.5 Å². The van der Waals surface area contributed by atoms with Crippen molar-refractivity contribution in [1.29, 1.82) is 0 Å². The van der Waals surface area contributed by atoms with Gasteiger partial charge in [-0.2, -0.15) is 0 Å². The van der Waals surface area contributed by atoms with Crippen LogP contribution in [-0.4, -0.2) is 16.3 Å². The first-order valence-electron chi connectivity index (χ1n) is 5.67. The number of aromatic carboxylic acids is 1. The Balaban J connectivity index is 2.15. The topological polar surface area (TPSA) is 37.3 Å². The zero-order valence-corrected chi connectivity index (χ0v) is 10.2. The van der Waals surface area contributed by atoms with Crippen molar-refractivity contribution in [2.45, 2.75) is 42.8 Å². The predicted octanol–water partition coefficient (Wildman–Crippen LogP) is 3.73. The van der Waals surface area contributed by atoms with Gasteiger partial charge in [-0.05, 0) is 37.5 Å². The van der Waals surface area contributed by atoms with Crippen molar-refractivity contribution < 1.29 is 9.90 Å². The van der Waals surface area contributed by atoms with E-state index < -0.39 is 5.97 Å². The molecule has 0 radical (unpaired) electrons. The number of thioether (sulfide) groups is 1. The first-order valence-corrected chi connectivity index (χ1v) is 6.55. The van der Waals surface area contributed by atoms with Crippen LogP contribution in [0.5, 0.6) is 0 Å². The lowest BCUT2D eigenvalue weighted by atomic mass is 10.1. The van der Waals surface area contributed by atoms with E-state index in [0.29, 0.717) is 10.8 Å². The van der Waals surface area contributed by atoms with Crippen LogP contribution in [0.2, 0.25) is 0 Å². The van der Waals surface area contributed by atoms with Gasteiger partial charge >= 0.3 is 5.97 Å². The molecule has 1 saturated carbocycles. The molecule has 3 heteroatoms. The van der Waals surface area contributed by atoms with E-state index in [2.05, 4.69) is 0 Å². The van der Waals surface area contributed by atoms with E-state index >= 15 is 0 Å². The van der Waals surface area contributed by atoms with E-state index in [9.17, 15) is 4.79 Å². The Morgan fingerprint density at radius 1 is 1.38 bits per heavy atom. The van der Waals surface area contributed by atoms with Crippen molar-refractivity contribution in [2.24, 2.45) is 0 Å². The number of carbonyl (C=O) groups is 1. The summed E-state index contributed by atoms with van der Waals surface area (Å²) in [6.07, 6.45) is 5.16. The van der Waals surface area contributed by atoms with Crippen molar-refractivity contribution in [3.8, 4) is 0 Å².